The number of amides is 2. The van der Waals surface area contributed by atoms with Crippen molar-refractivity contribution in [2.24, 2.45) is 5.92 Å². The lowest BCUT2D eigenvalue weighted by Crippen LogP contribution is -2.59. The lowest BCUT2D eigenvalue weighted by molar-refractivity contribution is -0.163. The van der Waals surface area contributed by atoms with E-state index in [1.54, 1.807) is 0 Å². The normalized spacial score (nSPS) is 23.4. The molecule has 8 nitrogen and oxygen atoms in total. The van der Waals surface area contributed by atoms with E-state index in [1.807, 2.05) is 24.3 Å². The number of aliphatic carboxylic acids is 1. The Morgan fingerprint density at radius 3 is 2.30 bits per heavy atom. The van der Waals surface area contributed by atoms with E-state index in [-0.39, 0.29) is 30.9 Å². The molecule has 1 aliphatic carbocycles. The number of hydrogen-bond donors (Lipinski definition) is 2. The molecule has 2 aromatic rings. The van der Waals surface area contributed by atoms with E-state index in [9.17, 15) is 19.5 Å². The minimum absolute atomic E-state index is 0.0216. The fourth-order valence-corrected chi connectivity index (χ4v) is 5.05. The van der Waals surface area contributed by atoms with Crippen molar-refractivity contribution in [3.63, 3.8) is 0 Å². The van der Waals surface area contributed by atoms with Gasteiger partial charge in [0.1, 0.15) is 18.8 Å². The third-order valence-corrected chi connectivity index (χ3v) is 6.90. The molecule has 1 unspecified atom stereocenters. The van der Waals surface area contributed by atoms with Gasteiger partial charge in [-0.2, -0.15) is 0 Å². The summed E-state index contributed by atoms with van der Waals surface area (Å²) in [6, 6.07) is 15.5. The zero-order chi connectivity index (χ0) is 22.9. The predicted octanol–water partition coefficient (Wildman–Crippen LogP) is 2.62. The first kappa shape index (κ1) is 21.5. The molecule has 3 aliphatic rings. The van der Waals surface area contributed by atoms with Gasteiger partial charge in [-0.3, -0.25) is 4.79 Å². The van der Waals surface area contributed by atoms with E-state index in [2.05, 4.69) is 29.6 Å². The monoisotopic (exact) mass is 450 g/mol. The number of likely N-dealkylation sites (tertiary alicyclic amines) is 1. The minimum atomic E-state index is -0.999. The first-order chi connectivity index (χ1) is 16.0. The van der Waals surface area contributed by atoms with Crippen LogP contribution in [-0.4, -0.2) is 66.4 Å². The molecule has 0 radical (unpaired) electrons. The van der Waals surface area contributed by atoms with Gasteiger partial charge < -0.3 is 24.8 Å². The maximum Gasteiger partial charge on any atom is 0.407 e. The molecule has 2 N–H and O–H groups in total. The zero-order valence-electron chi connectivity index (χ0n) is 18.1. The second-order valence-electron chi connectivity index (χ2n) is 8.72. The predicted molar refractivity (Wildman–Crippen MR) is 119 cm³/mol. The topological polar surface area (TPSA) is 105 Å². The van der Waals surface area contributed by atoms with E-state index < -0.39 is 24.2 Å². The Morgan fingerprint density at radius 1 is 1.03 bits per heavy atom. The van der Waals surface area contributed by atoms with Gasteiger partial charge in [0.15, 0.2) is 0 Å². The molecule has 2 aromatic carbocycles. The molecule has 3 atom stereocenters. The van der Waals surface area contributed by atoms with E-state index in [4.69, 9.17) is 9.47 Å². The summed E-state index contributed by atoms with van der Waals surface area (Å²) >= 11 is 0. The van der Waals surface area contributed by atoms with Crippen molar-refractivity contribution in [1.82, 2.24) is 10.2 Å². The Hall–Kier alpha value is -3.39. The van der Waals surface area contributed by atoms with Crippen LogP contribution in [0.3, 0.4) is 0 Å². The summed E-state index contributed by atoms with van der Waals surface area (Å²) in [7, 11) is 0. The van der Waals surface area contributed by atoms with Gasteiger partial charge in [-0.15, -0.1) is 0 Å². The second kappa shape index (κ2) is 8.86. The molecule has 0 saturated carbocycles. The molecule has 0 bridgehead atoms. The van der Waals surface area contributed by atoms with Crippen molar-refractivity contribution in [1.29, 1.82) is 0 Å². The molecular formula is C25H26N2O6. The lowest BCUT2D eigenvalue weighted by atomic mass is 9.96. The van der Waals surface area contributed by atoms with Crippen molar-refractivity contribution < 1.29 is 29.0 Å². The first-order valence-corrected chi connectivity index (χ1v) is 11.3. The van der Waals surface area contributed by atoms with Gasteiger partial charge in [0.2, 0.25) is 0 Å². The number of carbonyl (C=O) groups is 3. The average Bonchev–Trinajstić information content (AvgIpc) is 3.38. The fraction of sp³-hybridized carbons (Fsp3) is 0.400. The van der Waals surface area contributed by atoms with Crippen molar-refractivity contribution in [2.45, 2.75) is 30.9 Å². The standard InChI is InChI=1S/C25H26N2O6/c28-23(27-11-9-21(27)24(29)30)22-15(10-12-32-22)13-26-25(31)33-14-20-18-7-3-1-5-16(18)17-6-2-4-8-19(17)20/h1-8,15,20-22H,9-14H2,(H,26,31)(H,29,30)/t15-,21?,22-/m1/s1. The van der Waals surface area contributed by atoms with Crippen LogP contribution in [0.5, 0.6) is 0 Å². The molecule has 2 saturated heterocycles. The Morgan fingerprint density at radius 2 is 1.70 bits per heavy atom. The molecule has 5 rings (SSSR count). The van der Waals surface area contributed by atoms with Crippen LogP contribution in [0.1, 0.15) is 29.9 Å². The number of nitrogens with one attached hydrogen (secondary N) is 1. The van der Waals surface area contributed by atoms with Gasteiger partial charge in [0, 0.05) is 31.5 Å². The maximum absolute atomic E-state index is 12.7. The molecule has 172 valence electrons. The summed E-state index contributed by atoms with van der Waals surface area (Å²) in [5, 5.41) is 12.0. The number of ether oxygens (including phenoxy) is 2. The summed E-state index contributed by atoms with van der Waals surface area (Å²) in [5.74, 6) is -1.55. The quantitative estimate of drug-likeness (QED) is 0.701. The highest BCUT2D eigenvalue weighted by molar-refractivity contribution is 5.88. The van der Waals surface area contributed by atoms with Gasteiger partial charge in [0.25, 0.3) is 5.91 Å². The van der Waals surface area contributed by atoms with E-state index in [1.165, 1.54) is 4.90 Å². The van der Waals surface area contributed by atoms with Crippen LogP contribution < -0.4 is 5.32 Å². The highest BCUT2D eigenvalue weighted by Gasteiger charge is 2.44. The molecular weight excluding hydrogens is 424 g/mol. The molecule has 2 heterocycles. The number of nitrogens with zero attached hydrogens (tertiary/aromatic N) is 1. The average molecular weight is 450 g/mol. The number of carboxylic acid groups (broad SMARTS) is 1. The number of benzene rings is 2. The number of carboxylic acids is 1. The summed E-state index contributed by atoms with van der Waals surface area (Å²) in [6.07, 6.45) is -0.203. The molecule has 2 amide bonds. The number of alkyl carbamates (subject to hydrolysis) is 1. The Labute approximate surface area is 191 Å². The van der Waals surface area contributed by atoms with Crippen LogP contribution in [0.15, 0.2) is 48.5 Å². The largest absolute Gasteiger partial charge is 0.480 e. The van der Waals surface area contributed by atoms with Crippen molar-refractivity contribution in [3.05, 3.63) is 59.7 Å². The highest BCUT2D eigenvalue weighted by atomic mass is 16.5. The van der Waals surface area contributed by atoms with Crippen molar-refractivity contribution in [2.75, 3.05) is 26.3 Å². The maximum atomic E-state index is 12.7. The van der Waals surface area contributed by atoms with Crippen LogP contribution in [0.4, 0.5) is 4.79 Å². The Balaban J connectivity index is 1.16. The lowest BCUT2D eigenvalue weighted by Gasteiger charge is -2.39. The molecule has 2 aliphatic heterocycles. The first-order valence-electron chi connectivity index (χ1n) is 11.3. The van der Waals surface area contributed by atoms with Gasteiger partial charge in [-0.05, 0) is 35.1 Å². The number of carbonyl (C=O) groups excluding carboxylic acids is 2. The third kappa shape index (κ3) is 3.95. The van der Waals surface area contributed by atoms with Gasteiger partial charge in [0.05, 0.1) is 0 Å². The van der Waals surface area contributed by atoms with Gasteiger partial charge >= 0.3 is 12.1 Å². The second-order valence-corrected chi connectivity index (χ2v) is 8.72. The summed E-state index contributed by atoms with van der Waals surface area (Å²) in [4.78, 5) is 37.8. The third-order valence-electron chi connectivity index (χ3n) is 6.90. The van der Waals surface area contributed by atoms with Gasteiger partial charge in [-0.1, -0.05) is 48.5 Å². The van der Waals surface area contributed by atoms with Crippen LogP contribution in [-0.2, 0) is 19.1 Å². The molecule has 0 aromatic heterocycles. The Bertz CT molecular complexity index is 1040. The van der Waals surface area contributed by atoms with Crippen LogP contribution in [0, 0.1) is 5.92 Å². The molecule has 2 fully saturated rings. The van der Waals surface area contributed by atoms with Crippen LogP contribution in [0.25, 0.3) is 11.1 Å². The summed E-state index contributed by atoms with van der Waals surface area (Å²) in [6.45, 7) is 1.28. The zero-order valence-corrected chi connectivity index (χ0v) is 18.1. The molecule has 8 heteroatoms. The number of hydrogen-bond acceptors (Lipinski definition) is 5. The van der Waals surface area contributed by atoms with Gasteiger partial charge in [-0.25, -0.2) is 9.59 Å². The fourth-order valence-electron chi connectivity index (χ4n) is 5.05. The van der Waals surface area contributed by atoms with Crippen molar-refractivity contribution >= 4 is 18.0 Å². The van der Waals surface area contributed by atoms with E-state index >= 15 is 0 Å². The number of fused-ring (bicyclic) bond motifs is 3. The van der Waals surface area contributed by atoms with E-state index in [0.29, 0.717) is 26.0 Å². The minimum Gasteiger partial charge on any atom is -0.480 e. The molecule has 33 heavy (non-hydrogen) atoms. The highest BCUT2D eigenvalue weighted by Crippen LogP contribution is 2.44. The van der Waals surface area contributed by atoms with Crippen molar-refractivity contribution in [3.8, 4) is 11.1 Å². The number of rotatable bonds is 6. The Kier molecular flexibility index (Phi) is 5.76. The summed E-state index contributed by atoms with van der Waals surface area (Å²) in [5.41, 5.74) is 4.61. The van der Waals surface area contributed by atoms with Crippen LogP contribution in [0.2, 0.25) is 0 Å². The van der Waals surface area contributed by atoms with Crippen LogP contribution >= 0.6 is 0 Å². The summed E-state index contributed by atoms with van der Waals surface area (Å²) < 4.78 is 11.1. The molecule has 0 spiro atoms. The SMILES string of the molecule is O=C(NC[C@H]1CCO[C@H]1C(=O)N1CCC1C(=O)O)OCC1c2ccccc2-c2ccccc21. The van der Waals surface area contributed by atoms with E-state index in [0.717, 1.165) is 22.3 Å². The smallest absolute Gasteiger partial charge is 0.407 e.